The summed E-state index contributed by atoms with van der Waals surface area (Å²) in [7, 11) is 0. The number of fused-ring (bicyclic) bond motifs is 1. The predicted octanol–water partition coefficient (Wildman–Crippen LogP) is 4.63. The molecule has 1 aliphatic heterocycles. The third-order valence-electron chi connectivity index (χ3n) is 5.59. The summed E-state index contributed by atoms with van der Waals surface area (Å²) in [6.07, 6.45) is 1.80. The fourth-order valence-electron chi connectivity index (χ4n) is 4.22. The van der Waals surface area contributed by atoms with Crippen LogP contribution >= 0.6 is 11.3 Å². The summed E-state index contributed by atoms with van der Waals surface area (Å²) >= 11 is 1.55. The van der Waals surface area contributed by atoms with Crippen LogP contribution < -0.4 is 5.32 Å². The van der Waals surface area contributed by atoms with Gasteiger partial charge in [-0.2, -0.15) is 5.10 Å². The number of aromatic amines is 1. The van der Waals surface area contributed by atoms with Crippen molar-refractivity contribution in [3.8, 4) is 0 Å². The third-order valence-corrected chi connectivity index (χ3v) is 6.78. The van der Waals surface area contributed by atoms with Crippen LogP contribution in [0, 0.1) is 0 Å². The van der Waals surface area contributed by atoms with Crippen molar-refractivity contribution in [2.24, 2.45) is 0 Å². The molecule has 7 heteroatoms. The van der Waals surface area contributed by atoms with Gasteiger partial charge in [-0.3, -0.25) is 14.8 Å². The largest absolute Gasteiger partial charge is 0.371 e. The van der Waals surface area contributed by atoms with E-state index in [-0.39, 0.29) is 23.5 Å². The van der Waals surface area contributed by atoms with E-state index in [2.05, 4.69) is 53.3 Å². The first-order valence-electron chi connectivity index (χ1n) is 10.9. The van der Waals surface area contributed by atoms with Gasteiger partial charge in [0.25, 0.3) is 5.91 Å². The summed E-state index contributed by atoms with van der Waals surface area (Å²) in [5.41, 5.74) is 3.43. The molecule has 2 N–H and O–H groups in total. The number of morpholine rings is 1. The third kappa shape index (κ3) is 4.68. The molecule has 166 valence electrons. The molecule has 31 heavy (non-hydrogen) atoms. The van der Waals surface area contributed by atoms with Gasteiger partial charge in [0.1, 0.15) is 0 Å². The second kappa shape index (κ2) is 8.73. The van der Waals surface area contributed by atoms with Crippen LogP contribution in [0.25, 0.3) is 10.1 Å². The highest BCUT2D eigenvalue weighted by Gasteiger charge is 2.31. The Bertz CT molecular complexity index is 1060. The van der Waals surface area contributed by atoms with Crippen molar-refractivity contribution in [3.05, 3.63) is 52.2 Å². The fraction of sp³-hybridized carbons (Fsp3) is 0.500. The lowest BCUT2D eigenvalue weighted by atomic mass is 9.89. The lowest BCUT2D eigenvalue weighted by Crippen LogP contribution is -2.39. The van der Waals surface area contributed by atoms with Crippen LogP contribution in [0.1, 0.15) is 67.2 Å². The molecule has 1 aromatic carbocycles. The normalized spacial score (nSPS) is 18.1. The van der Waals surface area contributed by atoms with E-state index in [0.717, 1.165) is 40.2 Å². The van der Waals surface area contributed by atoms with Gasteiger partial charge in [-0.1, -0.05) is 39.0 Å². The Balaban J connectivity index is 1.63. The average Bonchev–Trinajstić information content (AvgIpc) is 3.32. The van der Waals surface area contributed by atoms with Crippen molar-refractivity contribution < 1.29 is 9.53 Å². The summed E-state index contributed by atoms with van der Waals surface area (Å²) in [6.45, 7) is 13.6. The van der Waals surface area contributed by atoms with Gasteiger partial charge in [0, 0.05) is 52.6 Å². The van der Waals surface area contributed by atoms with E-state index in [0.29, 0.717) is 6.61 Å². The number of H-pyrrole nitrogens is 1. The van der Waals surface area contributed by atoms with Crippen molar-refractivity contribution in [2.45, 2.75) is 58.7 Å². The molecule has 0 radical (unpaired) electrons. The van der Waals surface area contributed by atoms with Crippen LogP contribution in [0.3, 0.4) is 0 Å². The van der Waals surface area contributed by atoms with E-state index in [1.165, 1.54) is 11.3 Å². The lowest BCUT2D eigenvalue weighted by molar-refractivity contribution is -0.0324. The number of amides is 1. The molecular formula is C24H32N4O2S. The Hall–Kier alpha value is -2.22. The van der Waals surface area contributed by atoms with Crippen LogP contribution in [-0.4, -0.2) is 46.7 Å². The molecule has 1 saturated heterocycles. The summed E-state index contributed by atoms with van der Waals surface area (Å²) < 4.78 is 7.36. The van der Waals surface area contributed by atoms with Gasteiger partial charge in [-0.15, -0.1) is 11.3 Å². The van der Waals surface area contributed by atoms with Gasteiger partial charge < -0.3 is 10.1 Å². The number of thiophene rings is 1. The van der Waals surface area contributed by atoms with Gasteiger partial charge in [0.05, 0.1) is 23.8 Å². The molecule has 0 unspecified atom stereocenters. The summed E-state index contributed by atoms with van der Waals surface area (Å²) in [5, 5.41) is 11.7. The molecule has 6 nitrogen and oxygen atoms in total. The van der Waals surface area contributed by atoms with Crippen molar-refractivity contribution >= 4 is 27.3 Å². The topological polar surface area (TPSA) is 70.2 Å². The Morgan fingerprint density at radius 2 is 2.13 bits per heavy atom. The minimum absolute atomic E-state index is 0.0169. The summed E-state index contributed by atoms with van der Waals surface area (Å²) in [6, 6.07) is 8.32. The first-order chi connectivity index (χ1) is 14.7. The van der Waals surface area contributed by atoms with Crippen molar-refractivity contribution in [1.29, 1.82) is 0 Å². The molecule has 0 spiro atoms. The van der Waals surface area contributed by atoms with Gasteiger partial charge in [0.15, 0.2) is 0 Å². The van der Waals surface area contributed by atoms with Gasteiger partial charge >= 0.3 is 0 Å². The number of nitrogens with zero attached hydrogens (tertiary/aromatic N) is 2. The highest BCUT2D eigenvalue weighted by Crippen LogP contribution is 2.38. The van der Waals surface area contributed by atoms with Crippen LogP contribution in [0.4, 0.5) is 0 Å². The van der Waals surface area contributed by atoms with E-state index in [1.807, 2.05) is 32.2 Å². The number of rotatable bonds is 5. The van der Waals surface area contributed by atoms with Gasteiger partial charge in [-0.05, 0) is 25.3 Å². The number of hydrogen-bond acceptors (Lipinski definition) is 5. The zero-order valence-electron chi connectivity index (χ0n) is 19.0. The average molecular weight is 441 g/mol. The van der Waals surface area contributed by atoms with Crippen molar-refractivity contribution in [2.75, 3.05) is 19.7 Å². The number of ether oxygens (including phenoxy) is 1. The molecular weight excluding hydrogens is 408 g/mol. The predicted molar refractivity (Wildman–Crippen MR) is 126 cm³/mol. The smallest absolute Gasteiger partial charge is 0.261 e. The maximum absolute atomic E-state index is 13.0. The Kier molecular flexibility index (Phi) is 6.19. The molecule has 1 amide bonds. The number of nitrogens with one attached hydrogen (secondary N) is 2. The number of hydrogen-bond donors (Lipinski definition) is 2. The summed E-state index contributed by atoms with van der Waals surface area (Å²) in [4.78, 5) is 16.2. The second-order valence-electron chi connectivity index (χ2n) is 9.58. The Morgan fingerprint density at radius 3 is 2.87 bits per heavy atom. The van der Waals surface area contributed by atoms with Crippen LogP contribution in [-0.2, 0) is 16.7 Å². The van der Waals surface area contributed by atoms with E-state index in [4.69, 9.17) is 4.74 Å². The van der Waals surface area contributed by atoms with E-state index in [1.54, 1.807) is 11.3 Å². The van der Waals surface area contributed by atoms with Crippen molar-refractivity contribution in [3.63, 3.8) is 0 Å². The zero-order chi connectivity index (χ0) is 22.2. The van der Waals surface area contributed by atoms with Gasteiger partial charge in [0.2, 0.25) is 0 Å². The molecule has 3 aromatic rings. The molecule has 0 saturated carbocycles. The maximum Gasteiger partial charge on any atom is 0.261 e. The Labute approximate surface area is 188 Å². The van der Waals surface area contributed by atoms with Gasteiger partial charge in [-0.25, -0.2) is 0 Å². The molecule has 1 aliphatic rings. The van der Waals surface area contributed by atoms with Crippen LogP contribution in [0.2, 0.25) is 0 Å². The molecule has 0 bridgehead atoms. The van der Waals surface area contributed by atoms with Crippen LogP contribution in [0.5, 0.6) is 0 Å². The summed E-state index contributed by atoms with van der Waals surface area (Å²) in [5.74, 6) is -0.0169. The Morgan fingerprint density at radius 1 is 1.35 bits per heavy atom. The van der Waals surface area contributed by atoms with E-state index in [9.17, 15) is 4.79 Å². The standard InChI is InChI=1S/C24H32N4O2S/c1-15(2)26-23(29)21-20(17-8-6-7-9-19(17)31-21)18-14-28(10-11-30-18)13-16-12-25-27-22(16)24(3,4)5/h6-9,12,15,18H,10-11,13-14H2,1-5H3,(H,25,27)(H,26,29)/t18-/m0/s1. The zero-order valence-corrected chi connectivity index (χ0v) is 19.8. The fourth-order valence-corrected chi connectivity index (χ4v) is 5.38. The number of aromatic nitrogens is 2. The first kappa shape index (κ1) is 22.0. The van der Waals surface area contributed by atoms with E-state index >= 15 is 0 Å². The first-order valence-corrected chi connectivity index (χ1v) is 11.7. The molecule has 1 atom stereocenters. The molecule has 0 aliphatic carbocycles. The minimum Gasteiger partial charge on any atom is -0.371 e. The lowest BCUT2D eigenvalue weighted by Gasteiger charge is -2.34. The second-order valence-corrected chi connectivity index (χ2v) is 10.6. The molecule has 2 aromatic heterocycles. The molecule has 4 rings (SSSR count). The molecule has 3 heterocycles. The quantitative estimate of drug-likeness (QED) is 0.607. The minimum atomic E-state index is -0.136. The highest BCUT2D eigenvalue weighted by atomic mass is 32.1. The monoisotopic (exact) mass is 440 g/mol. The van der Waals surface area contributed by atoms with Crippen molar-refractivity contribution in [1.82, 2.24) is 20.4 Å². The SMILES string of the molecule is CC(C)NC(=O)c1sc2ccccc2c1[C@@H]1CN(Cc2cn[nH]c2C(C)(C)C)CCO1. The number of carbonyl (C=O) groups is 1. The number of carbonyl (C=O) groups excluding carboxylic acids is 1. The molecule has 1 fully saturated rings. The van der Waals surface area contributed by atoms with E-state index < -0.39 is 0 Å². The maximum atomic E-state index is 13.0. The number of benzene rings is 1. The van der Waals surface area contributed by atoms with Crippen LogP contribution in [0.15, 0.2) is 30.5 Å². The highest BCUT2D eigenvalue weighted by molar-refractivity contribution is 7.21.